The highest BCUT2D eigenvalue weighted by molar-refractivity contribution is 5.86. The van der Waals surface area contributed by atoms with Crippen LogP contribution in [-0.4, -0.2) is 5.78 Å². The molecule has 2 atom stereocenters. The van der Waals surface area contributed by atoms with E-state index < -0.39 is 0 Å². The fourth-order valence-electron chi connectivity index (χ4n) is 2.96. The van der Waals surface area contributed by atoms with Crippen LogP contribution in [0.25, 0.3) is 0 Å². The van der Waals surface area contributed by atoms with E-state index in [9.17, 15) is 4.79 Å². The molecule has 0 heterocycles. The van der Waals surface area contributed by atoms with Crippen molar-refractivity contribution in [3.05, 3.63) is 11.6 Å². The number of fused-ring (bicyclic) bond motifs is 1. The maximum Gasteiger partial charge on any atom is 0.139 e. The molecule has 1 fully saturated rings. The van der Waals surface area contributed by atoms with E-state index in [2.05, 4.69) is 19.9 Å². The molecule has 2 rings (SSSR count). The highest BCUT2D eigenvalue weighted by atomic mass is 16.1. The number of Topliss-reactive ketones (excluding diaryl/α,β-unsaturated/α-hetero) is 1. The molecular weight excluding hydrogens is 160 g/mol. The molecule has 0 aromatic carbocycles. The van der Waals surface area contributed by atoms with E-state index in [0.717, 1.165) is 25.7 Å². The first-order valence-corrected chi connectivity index (χ1v) is 5.32. The minimum Gasteiger partial charge on any atom is -0.299 e. The van der Waals surface area contributed by atoms with Gasteiger partial charge in [-0.05, 0) is 38.5 Å². The average Bonchev–Trinajstić information content (AvgIpc) is 2.07. The number of hydrogen-bond donors (Lipinski definition) is 0. The molecular formula is C12H18O. The summed E-state index contributed by atoms with van der Waals surface area (Å²) in [6, 6.07) is 0. The van der Waals surface area contributed by atoms with Gasteiger partial charge in [-0.25, -0.2) is 0 Å². The molecule has 13 heavy (non-hydrogen) atoms. The molecule has 1 heteroatoms. The Labute approximate surface area is 80.2 Å². The third-order valence-electron chi connectivity index (χ3n) is 3.89. The first-order valence-electron chi connectivity index (χ1n) is 5.32. The van der Waals surface area contributed by atoms with Crippen LogP contribution in [0.15, 0.2) is 11.6 Å². The second kappa shape index (κ2) is 2.97. The van der Waals surface area contributed by atoms with E-state index in [-0.39, 0.29) is 5.41 Å². The van der Waals surface area contributed by atoms with Crippen molar-refractivity contribution in [2.45, 2.75) is 46.0 Å². The van der Waals surface area contributed by atoms with E-state index >= 15 is 0 Å². The standard InChI is InChI=1S/C12H18O/c1-9-6-7-10-4-3-5-11(13)12(10,2)8-9/h6,10H,3-5,7-8H2,1-2H3/t10-,12+/m0/s1. The first-order chi connectivity index (χ1) is 6.13. The van der Waals surface area contributed by atoms with Gasteiger partial charge in [0, 0.05) is 11.8 Å². The predicted octanol–water partition coefficient (Wildman–Crippen LogP) is 3.10. The Morgan fingerprint density at radius 1 is 1.54 bits per heavy atom. The molecule has 0 aliphatic heterocycles. The monoisotopic (exact) mass is 178 g/mol. The van der Waals surface area contributed by atoms with Crippen LogP contribution in [0, 0.1) is 11.3 Å². The number of rotatable bonds is 0. The molecule has 0 N–H and O–H groups in total. The number of hydrogen-bond acceptors (Lipinski definition) is 1. The molecule has 0 unspecified atom stereocenters. The van der Waals surface area contributed by atoms with E-state index in [0.29, 0.717) is 11.7 Å². The van der Waals surface area contributed by atoms with Crippen LogP contribution in [0.3, 0.4) is 0 Å². The van der Waals surface area contributed by atoms with Gasteiger partial charge in [0.05, 0.1) is 0 Å². The molecule has 1 nitrogen and oxygen atoms in total. The Hall–Kier alpha value is -0.590. The van der Waals surface area contributed by atoms with Gasteiger partial charge in [0.2, 0.25) is 0 Å². The Balaban J connectivity index is 2.29. The number of carbonyl (C=O) groups is 1. The molecule has 2 aliphatic rings. The summed E-state index contributed by atoms with van der Waals surface area (Å²) >= 11 is 0. The van der Waals surface area contributed by atoms with Gasteiger partial charge in [-0.2, -0.15) is 0 Å². The van der Waals surface area contributed by atoms with Gasteiger partial charge in [0.1, 0.15) is 5.78 Å². The van der Waals surface area contributed by atoms with Crippen LogP contribution < -0.4 is 0 Å². The van der Waals surface area contributed by atoms with Gasteiger partial charge in [-0.1, -0.05) is 18.6 Å². The fourth-order valence-corrected chi connectivity index (χ4v) is 2.96. The smallest absolute Gasteiger partial charge is 0.139 e. The number of carbonyl (C=O) groups excluding carboxylic acids is 1. The second-order valence-corrected chi connectivity index (χ2v) is 4.89. The van der Waals surface area contributed by atoms with Crippen molar-refractivity contribution >= 4 is 5.78 Å². The zero-order valence-electron chi connectivity index (χ0n) is 8.60. The maximum absolute atomic E-state index is 11.9. The summed E-state index contributed by atoms with van der Waals surface area (Å²) in [5.74, 6) is 1.15. The quantitative estimate of drug-likeness (QED) is 0.521. The molecule has 0 bridgehead atoms. The van der Waals surface area contributed by atoms with Gasteiger partial charge in [-0.3, -0.25) is 4.79 Å². The van der Waals surface area contributed by atoms with Crippen molar-refractivity contribution in [3.63, 3.8) is 0 Å². The molecule has 1 saturated carbocycles. The number of ketones is 1. The lowest BCUT2D eigenvalue weighted by atomic mass is 9.60. The minimum absolute atomic E-state index is 0.00289. The highest BCUT2D eigenvalue weighted by Gasteiger charge is 2.43. The van der Waals surface area contributed by atoms with Crippen molar-refractivity contribution in [2.24, 2.45) is 11.3 Å². The summed E-state index contributed by atoms with van der Waals surface area (Å²) in [6.45, 7) is 4.33. The van der Waals surface area contributed by atoms with Crippen molar-refractivity contribution in [1.82, 2.24) is 0 Å². The molecule has 72 valence electrons. The van der Waals surface area contributed by atoms with Gasteiger partial charge < -0.3 is 0 Å². The second-order valence-electron chi connectivity index (χ2n) is 4.89. The Bertz CT molecular complexity index is 264. The Morgan fingerprint density at radius 2 is 2.31 bits per heavy atom. The van der Waals surface area contributed by atoms with Crippen molar-refractivity contribution < 1.29 is 4.79 Å². The minimum atomic E-state index is -0.00289. The molecule has 0 amide bonds. The molecule has 0 saturated heterocycles. The van der Waals surface area contributed by atoms with Crippen LogP contribution in [0.2, 0.25) is 0 Å². The lowest BCUT2D eigenvalue weighted by molar-refractivity contribution is -0.134. The van der Waals surface area contributed by atoms with Crippen LogP contribution in [0.1, 0.15) is 46.0 Å². The van der Waals surface area contributed by atoms with Gasteiger partial charge in [-0.15, -0.1) is 0 Å². The normalized spacial score (nSPS) is 39.7. The summed E-state index contributed by atoms with van der Waals surface area (Å²) in [6.07, 6.45) is 7.66. The van der Waals surface area contributed by atoms with Crippen molar-refractivity contribution in [2.75, 3.05) is 0 Å². The summed E-state index contributed by atoms with van der Waals surface area (Å²) in [7, 11) is 0. The van der Waals surface area contributed by atoms with E-state index in [1.54, 1.807) is 0 Å². The topological polar surface area (TPSA) is 17.1 Å². The van der Waals surface area contributed by atoms with Crippen LogP contribution in [-0.2, 0) is 4.79 Å². The lowest BCUT2D eigenvalue weighted by Gasteiger charge is -2.42. The van der Waals surface area contributed by atoms with E-state index in [4.69, 9.17) is 0 Å². The van der Waals surface area contributed by atoms with Gasteiger partial charge in [0.25, 0.3) is 0 Å². The molecule has 0 radical (unpaired) electrons. The SMILES string of the molecule is CC1=CC[C@@H]2CCCC(=O)[C@]2(C)C1. The Kier molecular flexibility index (Phi) is 2.05. The molecule has 2 aliphatic carbocycles. The Morgan fingerprint density at radius 3 is 3.08 bits per heavy atom. The van der Waals surface area contributed by atoms with Crippen LogP contribution in [0.5, 0.6) is 0 Å². The largest absolute Gasteiger partial charge is 0.299 e. The van der Waals surface area contributed by atoms with Gasteiger partial charge >= 0.3 is 0 Å². The maximum atomic E-state index is 11.9. The summed E-state index contributed by atoms with van der Waals surface area (Å²) in [4.78, 5) is 11.9. The highest BCUT2D eigenvalue weighted by Crippen LogP contribution is 2.47. The zero-order valence-corrected chi connectivity index (χ0v) is 8.60. The van der Waals surface area contributed by atoms with Crippen LogP contribution in [0.4, 0.5) is 0 Å². The number of allylic oxidation sites excluding steroid dienone is 2. The van der Waals surface area contributed by atoms with E-state index in [1.165, 1.54) is 12.0 Å². The predicted molar refractivity (Wildman–Crippen MR) is 53.4 cm³/mol. The summed E-state index contributed by atoms with van der Waals surface area (Å²) in [5.41, 5.74) is 1.41. The fraction of sp³-hybridized carbons (Fsp3) is 0.750. The molecule has 0 spiro atoms. The summed E-state index contributed by atoms with van der Waals surface area (Å²) < 4.78 is 0. The van der Waals surface area contributed by atoms with Gasteiger partial charge in [0.15, 0.2) is 0 Å². The lowest BCUT2D eigenvalue weighted by Crippen LogP contribution is -2.41. The third-order valence-corrected chi connectivity index (χ3v) is 3.89. The van der Waals surface area contributed by atoms with Crippen LogP contribution >= 0.6 is 0 Å². The van der Waals surface area contributed by atoms with E-state index in [1.807, 2.05) is 0 Å². The molecule has 0 aromatic rings. The first kappa shape index (κ1) is 8.98. The third kappa shape index (κ3) is 1.34. The zero-order chi connectivity index (χ0) is 9.47. The average molecular weight is 178 g/mol. The molecule has 0 aromatic heterocycles. The summed E-state index contributed by atoms with van der Waals surface area (Å²) in [5, 5.41) is 0. The van der Waals surface area contributed by atoms with Crippen molar-refractivity contribution in [1.29, 1.82) is 0 Å². The van der Waals surface area contributed by atoms with Crippen molar-refractivity contribution in [3.8, 4) is 0 Å².